The van der Waals surface area contributed by atoms with Crippen molar-refractivity contribution in [2.75, 3.05) is 6.61 Å². The van der Waals surface area contributed by atoms with Crippen molar-refractivity contribution < 1.29 is 23.4 Å². The summed E-state index contributed by atoms with van der Waals surface area (Å²) in [7, 11) is 0. The number of benzene rings is 1. The number of halogens is 2. The first-order valence-corrected chi connectivity index (χ1v) is 4.07. The number of ether oxygens (including phenoxy) is 1. The third kappa shape index (κ3) is 2.88. The van der Waals surface area contributed by atoms with Crippen molar-refractivity contribution in [1.82, 2.24) is 0 Å². The summed E-state index contributed by atoms with van der Waals surface area (Å²) in [5, 5.41) is 8.41. The molecule has 1 atom stereocenters. The Balaban J connectivity index is 2.69. The molecule has 0 unspecified atom stereocenters. The van der Waals surface area contributed by atoms with E-state index in [0.717, 1.165) is 12.1 Å². The van der Waals surface area contributed by atoms with E-state index in [1.165, 1.54) is 6.07 Å². The summed E-state index contributed by atoms with van der Waals surface area (Å²) in [4.78, 5) is 10.3. The fraction of sp³-hybridized carbons (Fsp3) is 0.222. The van der Waals surface area contributed by atoms with E-state index in [-0.39, 0.29) is 0 Å². The molecule has 0 aliphatic heterocycles. The van der Waals surface area contributed by atoms with Crippen LogP contribution >= 0.6 is 0 Å². The molecule has 0 radical (unpaired) electrons. The molecule has 0 spiro atoms. The van der Waals surface area contributed by atoms with Crippen LogP contribution in [0.2, 0.25) is 0 Å². The van der Waals surface area contributed by atoms with Crippen LogP contribution in [0.5, 0.6) is 5.75 Å². The van der Waals surface area contributed by atoms with E-state index in [4.69, 9.17) is 10.8 Å². The number of nitrogens with two attached hydrogens (primary N) is 1. The monoisotopic (exact) mass is 217 g/mol. The van der Waals surface area contributed by atoms with Crippen molar-refractivity contribution >= 4 is 5.97 Å². The van der Waals surface area contributed by atoms with Crippen molar-refractivity contribution in [1.29, 1.82) is 0 Å². The second-order valence-corrected chi connectivity index (χ2v) is 2.81. The van der Waals surface area contributed by atoms with Crippen molar-refractivity contribution in [3.8, 4) is 5.75 Å². The molecule has 15 heavy (non-hydrogen) atoms. The molecule has 3 N–H and O–H groups in total. The number of rotatable bonds is 4. The molecule has 0 aliphatic rings. The second kappa shape index (κ2) is 4.70. The number of hydrogen-bond acceptors (Lipinski definition) is 3. The summed E-state index contributed by atoms with van der Waals surface area (Å²) in [6.07, 6.45) is 0. The van der Waals surface area contributed by atoms with Gasteiger partial charge < -0.3 is 15.6 Å². The van der Waals surface area contributed by atoms with E-state index >= 15 is 0 Å². The minimum Gasteiger partial charge on any atom is -0.485 e. The first kappa shape index (κ1) is 11.4. The first-order valence-electron chi connectivity index (χ1n) is 4.07. The van der Waals surface area contributed by atoms with Gasteiger partial charge in [0.2, 0.25) is 0 Å². The standard InChI is InChI=1S/C9H9F2NO3/c10-5-2-1-3-6(11)8(5)15-4-7(12)9(13)14/h1-3,7H,4,12H2,(H,13,14)/t7-/m0/s1. The Hall–Kier alpha value is -1.69. The van der Waals surface area contributed by atoms with Gasteiger partial charge in [-0.25, -0.2) is 8.78 Å². The van der Waals surface area contributed by atoms with Gasteiger partial charge in [-0.15, -0.1) is 0 Å². The van der Waals surface area contributed by atoms with Gasteiger partial charge >= 0.3 is 5.97 Å². The molecular weight excluding hydrogens is 208 g/mol. The molecule has 0 aromatic heterocycles. The molecule has 4 nitrogen and oxygen atoms in total. The van der Waals surface area contributed by atoms with Gasteiger partial charge in [0.05, 0.1) is 0 Å². The summed E-state index contributed by atoms with van der Waals surface area (Å²) in [5.74, 6) is -3.71. The predicted molar refractivity (Wildman–Crippen MR) is 47.5 cm³/mol. The zero-order chi connectivity index (χ0) is 11.4. The molecule has 0 bridgehead atoms. The van der Waals surface area contributed by atoms with Crippen LogP contribution in [0.1, 0.15) is 0 Å². The molecule has 1 aromatic rings. The third-order valence-electron chi connectivity index (χ3n) is 1.64. The SMILES string of the molecule is N[C@@H](COc1c(F)cccc1F)C(=O)O. The van der Waals surface area contributed by atoms with Crippen molar-refractivity contribution in [3.63, 3.8) is 0 Å². The lowest BCUT2D eigenvalue weighted by molar-refractivity contribution is -0.139. The fourth-order valence-corrected chi connectivity index (χ4v) is 0.865. The molecule has 6 heteroatoms. The number of carbonyl (C=O) groups is 1. The third-order valence-corrected chi connectivity index (χ3v) is 1.64. The smallest absolute Gasteiger partial charge is 0.324 e. The first-order chi connectivity index (χ1) is 7.02. The second-order valence-electron chi connectivity index (χ2n) is 2.81. The van der Waals surface area contributed by atoms with Crippen molar-refractivity contribution in [2.45, 2.75) is 6.04 Å². The predicted octanol–water partition coefficient (Wildman–Crippen LogP) is 0.756. The fourth-order valence-electron chi connectivity index (χ4n) is 0.865. The number of aliphatic carboxylic acids is 1. The summed E-state index contributed by atoms with van der Waals surface area (Å²) in [6, 6.07) is 1.87. The van der Waals surface area contributed by atoms with Crippen LogP contribution in [0.15, 0.2) is 18.2 Å². The molecule has 0 fully saturated rings. The van der Waals surface area contributed by atoms with E-state index in [9.17, 15) is 13.6 Å². The van der Waals surface area contributed by atoms with Gasteiger partial charge in [0.25, 0.3) is 0 Å². The minimum atomic E-state index is -1.32. The zero-order valence-corrected chi connectivity index (χ0v) is 7.61. The van der Waals surface area contributed by atoms with E-state index < -0.39 is 36.0 Å². The quantitative estimate of drug-likeness (QED) is 0.780. The van der Waals surface area contributed by atoms with Crippen LogP contribution in [0.3, 0.4) is 0 Å². The molecule has 0 heterocycles. The maximum atomic E-state index is 12.9. The zero-order valence-electron chi connectivity index (χ0n) is 7.61. The van der Waals surface area contributed by atoms with Gasteiger partial charge in [-0.1, -0.05) is 6.07 Å². The Kier molecular flexibility index (Phi) is 3.56. The minimum absolute atomic E-state index is 0.493. The van der Waals surface area contributed by atoms with Crippen LogP contribution in [-0.2, 0) is 4.79 Å². The van der Waals surface area contributed by atoms with E-state index in [2.05, 4.69) is 4.74 Å². The highest BCUT2D eigenvalue weighted by Crippen LogP contribution is 2.20. The van der Waals surface area contributed by atoms with Crippen LogP contribution in [-0.4, -0.2) is 23.7 Å². The highest BCUT2D eigenvalue weighted by Gasteiger charge is 2.15. The molecule has 1 aromatic carbocycles. The molecular formula is C9H9F2NO3. The number of carboxylic acids is 1. The van der Waals surface area contributed by atoms with Gasteiger partial charge in [0.15, 0.2) is 17.4 Å². The summed E-state index contributed by atoms with van der Waals surface area (Å²) in [5.41, 5.74) is 5.10. The Labute approximate surface area is 84.3 Å². The number of hydrogen-bond donors (Lipinski definition) is 2. The summed E-state index contributed by atoms with van der Waals surface area (Å²) < 4.78 is 30.5. The van der Waals surface area contributed by atoms with Crippen LogP contribution in [0.25, 0.3) is 0 Å². The van der Waals surface area contributed by atoms with Crippen LogP contribution in [0.4, 0.5) is 8.78 Å². The largest absolute Gasteiger partial charge is 0.485 e. The molecule has 0 saturated heterocycles. The lowest BCUT2D eigenvalue weighted by Gasteiger charge is -2.10. The maximum absolute atomic E-state index is 12.9. The highest BCUT2D eigenvalue weighted by atomic mass is 19.1. The van der Waals surface area contributed by atoms with Crippen molar-refractivity contribution in [3.05, 3.63) is 29.8 Å². The van der Waals surface area contributed by atoms with Gasteiger partial charge in [0.1, 0.15) is 12.6 Å². The molecule has 1 rings (SSSR count). The lowest BCUT2D eigenvalue weighted by atomic mass is 10.3. The average Bonchev–Trinajstić information content (AvgIpc) is 2.16. The molecule has 0 aliphatic carbocycles. The topological polar surface area (TPSA) is 72.5 Å². The Morgan fingerprint density at radius 1 is 1.47 bits per heavy atom. The maximum Gasteiger partial charge on any atom is 0.324 e. The normalized spacial score (nSPS) is 12.2. The van der Waals surface area contributed by atoms with Gasteiger partial charge in [0, 0.05) is 0 Å². The van der Waals surface area contributed by atoms with Crippen LogP contribution < -0.4 is 10.5 Å². The number of para-hydroxylation sites is 1. The number of carboxylic acid groups (broad SMARTS) is 1. The Morgan fingerprint density at radius 2 is 2.00 bits per heavy atom. The Morgan fingerprint density at radius 3 is 2.47 bits per heavy atom. The lowest BCUT2D eigenvalue weighted by Crippen LogP contribution is -2.36. The van der Waals surface area contributed by atoms with Crippen molar-refractivity contribution in [2.24, 2.45) is 5.73 Å². The van der Waals surface area contributed by atoms with Crippen LogP contribution in [0, 0.1) is 11.6 Å². The highest BCUT2D eigenvalue weighted by molar-refractivity contribution is 5.73. The molecule has 82 valence electrons. The van der Waals surface area contributed by atoms with E-state index in [1.807, 2.05) is 0 Å². The summed E-state index contributed by atoms with van der Waals surface area (Å²) in [6.45, 7) is -0.493. The van der Waals surface area contributed by atoms with E-state index in [1.54, 1.807) is 0 Å². The average molecular weight is 217 g/mol. The summed E-state index contributed by atoms with van der Waals surface area (Å²) >= 11 is 0. The molecule has 0 saturated carbocycles. The van der Waals surface area contributed by atoms with Gasteiger partial charge in [-0.2, -0.15) is 0 Å². The van der Waals surface area contributed by atoms with Gasteiger partial charge in [-0.05, 0) is 12.1 Å². The Bertz CT molecular complexity index is 350. The van der Waals surface area contributed by atoms with E-state index in [0.29, 0.717) is 0 Å². The van der Waals surface area contributed by atoms with Gasteiger partial charge in [-0.3, -0.25) is 4.79 Å². The molecule has 0 amide bonds.